The van der Waals surface area contributed by atoms with E-state index in [-0.39, 0.29) is 12.0 Å². The van der Waals surface area contributed by atoms with Crippen molar-refractivity contribution >= 4 is 17.3 Å². The Morgan fingerprint density at radius 1 is 1.11 bits per heavy atom. The van der Waals surface area contributed by atoms with Gasteiger partial charge in [-0.05, 0) is 38.0 Å². The average Bonchev–Trinajstić information content (AvgIpc) is 3.53. The van der Waals surface area contributed by atoms with Crippen LogP contribution in [0.1, 0.15) is 41.9 Å². The standard InChI is InChI=1S/C27H28N8O3/c1-17-13-33(7-9-37-17)24-12-28-21(11-23(24)34-14-22(30-16-34)18-5-6-18)27(36)32-20-4-2-3-19-25(20)38-10-8-35-26(19)29-15-31-35/h2-4,11-12,14-18H,5-10,13H2,1H3,(H,32,36)/t17-/m1/s1. The summed E-state index contributed by atoms with van der Waals surface area (Å²) in [6, 6.07) is 7.45. The van der Waals surface area contributed by atoms with E-state index in [0.717, 1.165) is 35.7 Å². The van der Waals surface area contributed by atoms with E-state index in [2.05, 4.69) is 43.4 Å². The quantitative estimate of drug-likeness (QED) is 0.434. The molecule has 0 bridgehead atoms. The Balaban J connectivity index is 1.23. The highest BCUT2D eigenvalue weighted by molar-refractivity contribution is 6.05. The monoisotopic (exact) mass is 512 g/mol. The van der Waals surface area contributed by atoms with Crippen LogP contribution in [-0.4, -0.2) is 67.6 Å². The number of hydrogen-bond acceptors (Lipinski definition) is 8. The van der Waals surface area contributed by atoms with Gasteiger partial charge >= 0.3 is 0 Å². The van der Waals surface area contributed by atoms with Gasteiger partial charge in [-0.25, -0.2) is 19.6 Å². The molecule has 1 atom stereocenters. The first-order valence-electron chi connectivity index (χ1n) is 13.0. The first-order valence-corrected chi connectivity index (χ1v) is 13.0. The fourth-order valence-electron chi connectivity index (χ4n) is 5.13. The summed E-state index contributed by atoms with van der Waals surface area (Å²) in [4.78, 5) is 29.4. The predicted molar refractivity (Wildman–Crippen MR) is 140 cm³/mol. The lowest BCUT2D eigenvalue weighted by molar-refractivity contribution is 0.0532. The van der Waals surface area contributed by atoms with Gasteiger partial charge in [-0.15, -0.1) is 0 Å². The number of ether oxygens (including phenoxy) is 2. The van der Waals surface area contributed by atoms with Crippen LogP contribution in [0.2, 0.25) is 0 Å². The molecule has 11 nitrogen and oxygen atoms in total. The molecule has 1 aliphatic carbocycles. The Hall–Kier alpha value is -4.25. The van der Waals surface area contributed by atoms with Crippen LogP contribution in [-0.2, 0) is 11.3 Å². The topological polar surface area (TPSA) is 112 Å². The van der Waals surface area contributed by atoms with Gasteiger partial charge in [-0.3, -0.25) is 4.79 Å². The number of imidazole rings is 1. The van der Waals surface area contributed by atoms with E-state index < -0.39 is 0 Å². The van der Waals surface area contributed by atoms with Gasteiger partial charge in [0.2, 0.25) is 0 Å². The van der Waals surface area contributed by atoms with Crippen molar-refractivity contribution in [2.24, 2.45) is 0 Å². The molecule has 1 aromatic carbocycles. The fourth-order valence-corrected chi connectivity index (χ4v) is 5.13. The maximum atomic E-state index is 13.5. The summed E-state index contributed by atoms with van der Waals surface area (Å²) < 4.78 is 15.6. The van der Waals surface area contributed by atoms with Gasteiger partial charge in [0.15, 0.2) is 11.6 Å². The zero-order valence-corrected chi connectivity index (χ0v) is 21.1. The summed E-state index contributed by atoms with van der Waals surface area (Å²) in [7, 11) is 0. The molecular weight excluding hydrogens is 484 g/mol. The van der Waals surface area contributed by atoms with Crippen LogP contribution in [0, 0.1) is 0 Å². The molecule has 0 radical (unpaired) electrons. The second kappa shape index (κ2) is 9.25. The molecule has 2 fully saturated rings. The number of rotatable bonds is 5. The molecule has 1 amide bonds. The zero-order valence-electron chi connectivity index (χ0n) is 21.1. The maximum absolute atomic E-state index is 13.5. The molecule has 11 heteroatoms. The van der Waals surface area contributed by atoms with Crippen molar-refractivity contribution in [1.82, 2.24) is 29.3 Å². The second-order valence-corrected chi connectivity index (χ2v) is 9.96. The summed E-state index contributed by atoms with van der Waals surface area (Å²) in [6.07, 6.45) is 9.68. The van der Waals surface area contributed by atoms with E-state index in [0.29, 0.717) is 48.6 Å². The minimum Gasteiger partial charge on any atom is -0.489 e. The highest BCUT2D eigenvalue weighted by atomic mass is 16.5. The van der Waals surface area contributed by atoms with Gasteiger partial charge in [0, 0.05) is 25.2 Å². The summed E-state index contributed by atoms with van der Waals surface area (Å²) in [6.45, 7) is 5.23. The molecule has 1 N–H and O–H groups in total. The van der Waals surface area contributed by atoms with E-state index in [1.54, 1.807) is 10.9 Å². The largest absolute Gasteiger partial charge is 0.489 e. The predicted octanol–water partition coefficient (Wildman–Crippen LogP) is 3.27. The molecule has 3 aliphatic rings. The van der Waals surface area contributed by atoms with Gasteiger partial charge in [0.05, 0.1) is 60.1 Å². The molecule has 7 rings (SSSR count). The number of nitrogens with one attached hydrogen (secondary N) is 1. The number of benzene rings is 1. The van der Waals surface area contributed by atoms with Crippen molar-refractivity contribution in [3.63, 3.8) is 0 Å². The van der Waals surface area contributed by atoms with Crippen LogP contribution in [0.4, 0.5) is 11.4 Å². The first-order chi connectivity index (χ1) is 18.6. The Labute approximate surface area is 219 Å². The van der Waals surface area contributed by atoms with E-state index in [1.165, 1.54) is 19.2 Å². The number of hydrogen-bond donors (Lipinski definition) is 1. The number of para-hydroxylation sites is 1. The summed E-state index contributed by atoms with van der Waals surface area (Å²) >= 11 is 0. The normalized spacial score (nSPS) is 18.8. The van der Waals surface area contributed by atoms with Gasteiger partial charge in [0.1, 0.15) is 18.6 Å². The van der Waals surface area contributed by atoms with Crippen molar-refractivity contribution < 1.29 is 14.3 Å². The van der Waals surface area contributed by atoms with Crippen molar-refractivity contribution in [2.75, 3.05) is 36.5 Å². The average molecular weight is 513 g/mol. The Kier molecular flexibility index (Phi) is 5.58. The van der Waals surface area contributed by atoms with Crippen LogP contribution in [0.3, 0.4) is 0 Å². The van der Waals surface area contributed by atoms with Gasteiger partial charge in [0.25, 0.3) is 5.91 Å². The number of morpholine rings is 1. The van der Waals surface area contributed by atoms with Crippen LogP contribution in [0.25, 0.3) is 17.1 Å². The number of carbonyl (C=O) groups is 1. The lowest BCUT2D eigenvalue weighted by Crippen LogP contribution is -2.41. The molecule has 5 heterocycles. The number of amides is 1. The molecule has 194 valence electrons. The zero-order chi connectivity index (χ0) is 25.6. The van der Waals surface area contributed by atoms with E-state index in [4.69, 9.17) is 9.47 Å². The molecular formula is C27H28N8O3. The SMILES string of the molecule is C[C@@H]1CN(c2cnc(C(=O)Nc3cccc4c3OCCn3ncnc3-4)cc2-n2cnc(C3CC3)c2)CCO1. The van der Waals surface area contributed by atoms with Gasteiger partial charge < -0.3 is 24.3 Å². The summed E-state index contributed by atoms with van der Waals surface area (Å²) in [5, 5.41) is 7.28. The van der Waals surface area contributed by atoms with Crippen molar-refractivity contribution in [3.05, 3.63) is 60.7 Å². The lowest BCUT2D eigenvalue weighted by atomic mass is 10.1. The fraction of sp³-hybridized carbons (Fsp3) is 0.370. The third-order valence-electron chi connectivity index (χ3n) is 7.22. The molecule has 2 aliphatic heterocycles. The Morgan fingerprint density at radius 3 is 2.89 bits per heavy atom. The van der Waals surface area contributed by atoms with E-state index in [9.17, 15) is 4.79 Å². The van der Waals surface area contributed by atoms with E-state index in [1.807, 2.05) is 35.2 Å². The number of nitrogens with zero attached hydrogens (tertiary/aromatic N) is 7. The van der Waals surface area contributed by atoms with Crippen LogP contribution >= 0.6 is 0 Å². The molecule has 3 aromatic heterocycles. The second-order valence-electron chi connectivity index (χ2n) is 9.96. The number of pyridine rings is 1. The van der Waals surface area contributed by atoms with Crippen LogP contribution in [0.5, 0.6) is 5.75 Å². The molecule has 38 heavy (non-hydrogen) atoms. The highest BCUT2D eigenvalue weighted by Crippen LogP contribution is 2.40. The van der Waals surface area contributed by atoms with E-state index >= 15 is 0 Å². The third-order valence-corrected chi connectivity index (χ3v) is 7.22. The molecule has 1 saturated carbocycles. The van der Waals surface area contributed by atoms with Crippen LogP contribution in [0.15, 0.2) is 49.3 Å². The summed E-state index contributed by atoms with van der Waals surface area (Å²) in [5.74, 6) is 1.50. The smallest absolute Gasteiger partial charge is 0.274 e. The van der Waals surface area contributed by atoms with Gasteiger partial charge in [-0.2, -0.15) is 5.10 Å². The van der Waals surface area contributed by atoms with Crippen molar-refractivity contribution in [3.8, 4) is 22.8 Å². The minimum absolute atomic E-state index is 0.114. The molecule has 0 spiro atoms. The van der Waals surface area contributed by atoms with Crippen LogP contribution < -0.4 is 15.0 Å². The minimum atomic E-state index is -0.321. The lowest BCUT2D eigenvalue weighted by Gasteiger charge is -2.34. The maximum Gasteiger partial charge on any atom is 0.274 e. The van der Waals surface area contributed by atoms with Crippen molar-refractivity contribution in [2.45, 2.75) is 38.3 Å². The number of carbonyl (C=O) groups excluding carboxylic acids is 1. The molecule has 4 aromatic rings. The number of fused-ring (bicyclic) bond motifs is 3. The third kappa shape index (κ3) is 4.18. The Morgan fingerprint density at radius 2 is 2.03 bits per heavy atom. The molecule has 1 saturated heterocycles. The Bertz CT molecular complexity index is 1510. The van der Waals surface area contributed by atoms with Crippen molar-refractivity contribution in [1.29, 1.82) is 0 Å². The highest BCUT2D eigenvalue weighted by Gasteiger charge is 2.28. The number of anilines is 2. The molecule has 0 unspecified atom stereocenters. The summed E-state index contributed by atoms with van der Waals surface area (Å²) in [5.41, 5.74) is 4.57. The van der Waals surface area contributed by atoms with Gasteiger partial charge in [-0.1, -0.05) is 6.07 Å². The number of aromatic nitrogens is 6. The first kappa shape index (κ1) is 22.9.